The smallest absolute Gasteiger partial charge is 0.311 e. The number of carboxylic acids is 1. The van der Waals surface area contributed by atoms with Crippen LogP contribution in [0.25, 0.3) is 0 Å². The molecule has 1 atom stereocenters. The lowest BCUT2D eigenvalue weighted by molar-refractivity contribution is -0.151. The van der Waals surface area contributed by atoms with Crippen LogP contribution in [0, 0.1) is 17.2 Å². The van der Waals surface area contributed by atoms with Gasteiger partial charge in [-0.3, -0.25) is 9.69 Å². The van der Waals surface area contributed by atoms with E-state index >= 15 is 0 Å². The molecule has 0 amide bonds. The summed E-state index contributed by atoms with van der Waals surface area (Å²) in [6, 6.07) is 5.00. The third-order valence-corrected chi connectivity index (χ3v) is 4.81. The van der Waals surface area contributed by atoms with Gasteiger partial charge in [0.05, 0.1) is 5.41 Å². The Labute approximate surface area is 126 Å². The molecular weight excluding hydrogens is 325 g/mol. The molecule has 5 heteroatoms. The standard InChI is InChI=1S/C15H19BrFNO2/c1-10(2)15(14(19)20)5-6-18(9-15)8-11-3-4-12(16)7-13(11)17/h3-4,7,10H,5-6,8-9H2,1-2H3,(H,19,20). The molecule has 0 aliphatic carbocycles. The van der Waals surface area contributed by atoms with Crippen molar-refractivity contribution in [2.45, 2.75) is 26.8 Å². The number of hydrogen-bond donors (Lipinski definition) is 1. The normalized spacial score (nSPS) is 23.4. The number of nitrogens with zero attached hydrogens (tertiary/aromatic N) is 1. The van der Waals surface area contributed by atoms with Gasteiger partial charge < -0.3 is 5.11 Å². The first-order valence-electron chi connectivity index (χ1n) is 6.75. The molecule has 0 bridgehead atoms. The van der Waals surface area contributed by atoms with Crippen LogP contribution < -0.4 is 0 Å². The van der Waals surface area contributed by atoms with Crippen molar-refractivity contribution in [3.8, 4) is 0 Å². The molecule has 2 rings (SSSR count). The Bertz CT molecular complexity index is 521. The highest BCUT2D eigenvalue weighted by Crippen LogP contribution is 2.38. The van der Waals surface area contributed by atoms with Crippen LogP contribution in [0.5, 0.6) is 0 Å². The van der Waals surface area contributed by atoms with Gasteiger partial charge in [0.25, 0.3) is 0 Å². The van der Waals surface area contributed by atoms with Crippen LogP contribution in [-0.2, 0) is 11.3 Å². The molecule has 1 aliphatic heterocycles. The SMILES string of the molecule is CC(C)C1(C(=O)O)CCN(Cc2ccc(Br)cc2F)C1. The van der Waals surface area contributed by atoms with Crippen LogP contribution in [0.4, 0.5) is 4.39 Å². The highest BCUT2D eigenvalue weighted by Gasteiger charge is 2.47. The summed E-state index contributed by atoms with van der Waals surface area (Å²) < 4.78 is 14.6. The van der Waals surface area contributed by atoms with E-state index in [9.17, 15) is 14.3 Å². The zero-order valence-electron chi connectivity index (χ0n) is 11.7. The van der Waals surface area contributed by atoms with Gasteiger partial charge >= 0.3 is 5.97 Å². The quantitative estimate of drug-likeness (QED) is 0.909. The van der Waals surface area contributed by atoms with Crippen molar-refractivity contribution in [2.75, 3.05) is 13.1 Å². The summed E-state index contributed by atoms with van der Waals surface area (Å²) in [4.78, 5) is 13.6. The number of rotatable bonds is 4. The predicted molar refractivity (Wildman–Crippen MR) is 78.9 cm³/mol. The van der Waals surface area contributed by atoms with E-state index in [1.807, 2.05) is 18.7 Å². The highest BCUT2D eigenvalue weighted by atomic mass is 79.9. The number of carboxylic acid groups (broad SMARTS) is 1. The summed E-state index contributed by atoms with van der Waals surface area (Å²) in [5, 5.41) is 9.50. The second-order valence-electron chi connectivity index (χ2n) is 5.81. The van der Waals surface area contributed by atoms with Gasteiger partial charge in [0.1, 0.15) is 5.82 Å². The molecule has 3 nitrogen and oxygen atoms in total. The van der Waals surface area contributed by atoms with Crippen LogP contribution in [0.3, 0.4) is 0 Å². The number of benzene rings is 1. The van der Waals surface area contributed by atoms with E-state index in [4.69, 9.17) is 0 Å². The van der Waals surface area contributed by atoms with Crippen LogP contribution in [0.2, 0.25) is 0 Å². The fourth-order valence-corrected chi connectivity index (χ4v) is 3.17. The minimum absolute atomic E-state index is 0.0692. The van der Waals surface area contributed by atoms with Crippen molar-refractivity contribution < 1.29 is 14.3 Å². The first-order valence-corrected chi connectivity index (χ1v) is 7.54. The maximum atomic E-state index is 13.8. The minimum Gasteiger partial charge on any atom is -0.481 e. The van der Waals surface area contributed by atoms with Crippen LogP contribution in [-0.4, -0.2) is 29.1 Å². The molecule has 0 spiro atoms. The molecule has 1 aliphatic rings. The highest BCUT2D eigenvalue weighted by molar-refractivity contribution is 9.10. The van der Waals surface area contributed by atoms with Crippen LogP contribution in [0.1, 0.15) is 25.8 Å². The number of hydrogen-bond acceptors (Lipinski definition) is 2. The molecule has 0 radical (unpaired) electrons. The summed E-state index contributed by atoms with van der Waals surface area (Å²) in [6.07, 6.45) is 0.623. The third kappa shape index (κ3) is 2.88. The van der Waals surface area contributed by atoms with E-state index < -0.39 is 11.4 Å². The van der Waals surface area contributed by atoms with Gasteiger partial charge in [-0.05, 0) is 31.0 Å². The summed E-state index contributed by atoms with van der Waals surface area (Å²) in [5.74, 6) is -0.928. The van der Waals surface area contributed by atoms with Crippen LogP contribution in [0.15, 0.2) is 22.7 Å². The van der Waals surface area contributed by atoms with Crippen molar-refractivity contribution in [3.05, 3.63) is 34.1 Å². The zero-order valence-corrected chi connectivity index (χ0v) is 13.3. The number of carbonyl (C=O) groups is 1. The Balaban J connectivity index is 2.11. The van der Waals surface area contributed by atoms with Crippen LogP contribution >= 0.6 is 15.9 Å². The van der Waals surface area contributed by atoms with Gasteiger partial charge in [-0.1, -0.05) is 35.8 Å². The second-order valence-corrected chi connectivity index (χ2v) is 6.73. The summed E-state index contributed by atoms with van der Waals surface area (Å²) in [6.45, 7) is 5.52. The van der Waals surface area contributed by atoms with Gasteiger partial charge in [-0.15, -0.1) is 0 Å². The summed E-state index contributed by atoms with van der Waals surface area (Å²) in [5.41, 5.74) is -0.0931. The average molecular weight is 344 g/mol. The van der Waals surface area contributed by atoms with E-state index in [0.717, 1.165) is 0 Å². The monoisotopic (exact) mass is 343 g/mol. The molecule has 0 saturated carbocycles. The Hall–Kier alpha value is -0.940. The maximum absolute atomic E-state index is 13.8. The molecule has 1 aromatic rings. The van der Waals surface area contributed by atoms with E-state index in [0.29, 0.717) is 36.1 Å². The van der Waals surface area contributed by atoms with E-state index in [1.54, 1.807) is 12.1 Å². The number of aliphatic carboxylic acids is 1. The molecule has 1 heterocycles. The van der Waals surface area contributed by atoms with Gasteiger partial charge in [-0.25, -0.2) is 4.39 Å². The summed E-state index contributed by atoms with van der Waals surface area (Å²) in [7, 11) is 0. The van der Waals surface area contributed by atoms with Crippen molar-refractivity contribution in [1.29, 1.82) is 0 Å². The fraction of sp³-hybridized carbons (Fsp3) is 0.533. The molecule has 20 heavy (non-hydrogen) atoms. The Kier molecular flexibility index (Phi) is 4.49. The molecular formula is C15H19BrFNO2. The molecule has 1 N–H and O–H groups in total. The lowest BCUT2D eigenvalue weighted by Gasteiger charge is -2.28. The lowest BCUT2D eigenvalue weighted by Crippen LogP contribution is -2.39. The van der Waals surface area contributed by atoms with Gasteiger partial charge in [0.2, 0.25) is 0 Å². The van der Waals surface area contributed by atoms with Crippen molar-refractivity contribution in [2.24, 2.45) is 11.3 Å². The molecule has 1 unspecified atom stereocenters. The van der Waals surface area contributed by atoms with Gasteiger partial charge in [0, 0.05) is 23.1 Å². The fourth-order valence-electron chi connectivity index (χ4n) is 2.83. The first kappa shape index (κ1) is 15.4. The molecule has 1 saturated heterocycles. The predicted octanol–water partition coefficient (Wildman–Crippen LogP) is 3.52. The minimum atomic E-state index is -0.744. The van der Waals surface area contributed by atoms with Crippen molar-refractivity contribution in [1.82, 2.24) is 4.90 Å². The Morgan fingerprint density at radius 2 is 2.25 bits per heavy atom. The third-order valence-electron chi connectivity index (χ3n) is 4.32. The lowest BCUT2D eigenvalue weighted by atomic mass is 9.76. The number of halogens is 2. The van der Waals surface area contributed by atoms with Crippen molar-refractivity contribution >= 4 is 21.9 Å². The zero-order chi connectivity index (χ0) is 14.9. The van der Waals surface area contributed by atoms with Crippen molar-refractivity contribution in [3.63, 3.8) is 0 Å². The molecule has 0 aromatic heterocycles. The van der Waals surface area contributed by atoms with E-state index in [2.05, 4.69) is 15.9 Å². The average Bonchev–Trinajstić information content (AvgIpc) is 2.78. The largest absolute Gasteiger partial charge is 0.481 e. The summed E-state index contributed by atoms with van der Waals surface area (Å²) >= 11 is 3.23. The molecule has 1 aromatic carbocycles. The number of likely N-dealkylation sites (tertiary alicyclic amines) is 1. The molecule has 110 valence electrons. The molecule has 1 fully saturated rings. The Morgan fingerprint density at radius 1 is 1.55 bits per heavy atom. The van der Waals surface area contributed by atoms with Gasteiger partial charge in [-0.2, -0.15) is 0 Å². The Morgan fingerprint density at radius 3 is 2.75 bits per heavy atom. The second kappa shape index (κ2) is 5.82. The maximum Gasteiger partial charge on any atom is 0.311 e. The van der Waals surface area contributed by atoms with Gasteiger partial charge in [0.15, 0.2) is 0 Å². The topological polar surface area (TPSA) is 40.5 Å². The van der Waals surface area contributed by atoms with E-state index in [1.165, 1.54) is 6.07 Å². The van der Waals surface area contributed by atoms with E-state index in [-0.39, 0.29) is 11.7 Å². The first-order chi connectivity index (χ1) is 9.35.